The molecule has 0 amide bonds. The second-order valence-corrected chi connectivity index (χ2v) is 6.20. The van der Waals surface area contributed by atoms with Gasteiger partial charge in [0.15, 0.2) is 4.34 Å². The van der Waals surface area contributed by atoms with Crippen LogP contribution >= 0.6 is 23.1 Å². The van der Waals surface area contributed by atoms with Crippen LogP contribution in [0.1, 0.15) is 20.8 Å². The lowest BCUT2D eigenvalue weighted by Crippen LogP contribution is -2.24. The molecule has 0 atom stereocenters. The highest BCUT2D eigenvalue weighted by Crippen LogP contribution is 2.25. The summed E-state index contributed by atoms with van der Waals surface area (Å²) < 4.78 is 5.93. The maximum Gasteiger partial charge on any atom is 0.316 e. The smallest absolute Gasteiger partial charge is 0.316 e. The lowest BCUT2D eigenvalue weighted by Gasteiger charge is -2.18. The molecule has 0 aliphatic rings. The van der Waals surface area contributed by atoms with Crippen molar-refractivity contribution in [3.63, 3.8) is 0 Å². The van der Waals surface area contributed by atoms with Gasteiger partial charge in [-0.3, -0.25) is 4.79 Å². The topological polar surface area (TPSA) is 64.1 Å². The number of carbonyl (C=O) groups excluding carboxylic acids is 1. The summed E-state index contributed by atoms with van der Waals surface area (Å²) in [6.07, 6.45) is 0. The summed E-state index contributed by atoms with van der Waals surface area (Å²) in [6.45, 7) is 5.54. The molecule has 7 heteroatoms. The van der Waals surface area contributed by atoms with Crippen molar-refractivity contribution in [2.75, 3.05) is 18.1 Å². The molecule has 0 radical (unpaired) electrons. The highest BCUT2D eigenvalue weighted by atomic mass is 32.2. The molecule has 0 spiro atoms. The number of ether oxygens (including phenoxy) is 1. The summed E-state index contributed by atoms with van der Waals surface area (Å²) >= 11 is 2.75. The summed E-state index contributed by atoms with van der Waals surface area (Å²) in [6, 6.07) is 0. The van der Waals surface area contributed by atoms with Crippen molar-refractivity contribution < 1.29 is 9.53 Å². The van der Waals surface area contributed by atoms with E-state index in [4.69, 9.17) is 4.74 Å². The Bertz CT molecular complexity index is 360. The molecule has 5 nitrogen and oxygen atoms in total. The van der Waals surface area contributed by atoms with Crippen molar-refractivity contribution in [1.82, 2.24) is 10.2 Å². The van der Waals surface area contributed by atoms with Crippen LogP contribution in [0.5, 0.6) is 0 Å². The Hall–Kier alpha value is -0.820. The predicted molar refractivity (Wildman–Crippen MR) is 66.0 cm³/mol. The minimum atomic E-state index is -0.436. The number of aromatic nitrogens is 2. The van der Waals surface area contributed by atoms with Gasteiger partial charge in [-0.05, 0) is 20.8 Å². The first kappa shape index (κ1) is 13.2. The zero-order valence-corrected chi connectivity index (χ0v) is 11.4. The molecule has 0 saturated carbocycles. The summed E-state index contributed by atoms with van der Waals surface area (Å²) in [7, 11) is 1.78. The summed E-state index contributed by atoms with van der Waals surface area (Å²) in [5.41, 5.74) is -0.436. The molecule has 0 aliphatic heterocycles. The molecule has 1 aromatic rings. The van der Waals surface area contributed by atoms with Gasteiger partial charge in [0.25, 0.3) is 0 Å². The maximum absolute atomic E-state index is 11.4. The zero-order valence-electron chi connectivity index (χ0n) is 9.73. The Morgan fingerprint density at radius 2 is 2.19 bits per heavy atom. The molecule has 90 valence electrons. The molecule has 16 heavy (non-hydrogen) atoms. The van der Waals surface area contributed by atoms with Gasteiger partial charge >= 0.3 is 5.97 Å². The van der Waals surface area contributed by atoms with Crippen LogP contribution < -0.4 is 5.32 Å². The molecule has 0 fully saturated rings. The van der Waals surface area contributed by atoms with E-state index in [-0.39, 0.29) is 11.7 Å². The molecule has 0 aliphatic carbocycles. The Kier molecular flexibility index (Phi) is 4.55. The predicted octanol–water partition coefficient (Wildman–Crippen LogP) is 2.01. The van der Waals surface area contributed by atoms with E-state index < -0.39 is 5.60 Å². The van der Waals surface area contributed by atoms with Gasteiger partial charge in [0, 0.05) is 7.05 Å². The number of anilines is 1. The minimum Gasteiger partial charge on any atom is -0.459 e. The number of carbonyl (C=O) groups is 1. The van der Waals surface area contributed by atoms with E-state index in [1.54, 1.807) is 7.05 Å². The van der Waals surface area contributed by atoms with Crippen molar-refractivity contribution in [1.29, 1.82) is 0 Å². The fourth-order valence-electron chi connectivity index (χ4n) is 0.861. The van der Waals surface area contributed by atoms with E-state index in [1.165, 1.54) is 23.1 Å². The third-order valence-electron chi connectivity index (χ3n) is 1.35. The number of rotatable bonds is 4. The van der Waals surface area contributed by atoms with Crippen LogP contribution in [0, 0.1) is 0 Å². The highest BCUT2D eigenvalue weighted by Gasteiger charge is 2.16. The van der Waals surface area contributed by atoms with E-state index in [0.717, 1.165) is 9.47 Å². The lowest BCUT2D eigenvalue weighted by molar-refractivity contribution is -0.151. The van der Waals surface area contributed by atoms with E-state index in [1.807, 2.05) is 20.8 Å². The second-order valence-electron chi connectivity index (χ2n) is 4.00. The van der Waals surface area contributed by atoms with Gasteiger partial charge in [-0.1, -0.05) is 23.1 Å². The average Bonchev–Trinajstić information content (AvgIpc) is 2.59. The van der Waals surface area contributed by atoms with E-state index >= 15 is 0 Å². The fourth-order valence-corrected chi connectivity index (χ4v) is 2.34. The fraction of sp³-hybridized carbons (Fsp3) is 0.667. The van der Waals surface area contributed by atoms with Gasteiger partial charge < -0.3 is 10.1 Å². The van der Waals surface area contributed by atoms with Gasteiger partial charge in [-0.2, -0.15) is 0 Å². The molecule has 0 bridgehead atoms. The Morgan fingerprint density at radius 3 is 2.69 bits per heavy atom. The average molecular weight is 261 g/mol. The maximum atomic E-state index is 11.4. The third-order valence-corrected chi connectivity index (χ3v) is 3.40. The van der Waals surface area contributed by atoms with Crippen LogP contribution in [0.3, 0.4) is 0 Å². The van der Waals surface area contributed by atoms with Crippen LogP contribution in [0.2, 0.25) is 0 Å². The first-order chi connectivity index (χ1) is 7.40. The van der Waals surface area contributed by atoms with Crippen molar-refractivity contribution in [3.05, 3.63) is 0 Å². The van der Waals surface area contributed by atoms with Gasteiger partial charge in [-0.15, -0.1) is 10.2 Å². The largest absolute Gasteiger partial charge is 0.459 e. The molecule has 0 aromatic carbocycles. The number of hydrogen-bond donors (Lipinski definition) is 1. The summed E-state index contributed by atoms with van der Waals surface area (Å²) in [5.74, 6) is 0.0222. The minimum absolute atomic E-state index is 0.237. The standard InChI is InChI=1S/C9H15N3O2S2/c1-9(2,3)14-6(13)5-15-8-12-11-7(10-4)16-8/h5H2,1-4H3,(H,10,11). The monoisotopic (exact) mass is 261 g/mol. The van der Waals surface area contributed by atoms with Crippen molar-refractivity contribution >= 4 is 34.2 Å². The van der Waals surface area contributed by atoms with E-state index in [2.05, 4.69) is 15.5 Å². The Morgan fingerprint density at radius 1 is 1.50 bits per heavy atom. The van der Waals surface area contributed by atoms with E-state index in [0.29, 0.717) is 0 Å². The van der Waals surface area contributed by atoms with Crippen LogP contribution in [0.15, 0.2) is 4.34 Å². The normalized spacial score (nSPS) is 11.2. The van der Waals surface area contributed by atoms with Gasteiger partial charge in [0.2, 0.25) is 5.13 Å². The van der Waals surface area contributed by atoms with Crippen molar-refractivity contribution in [2.45, 2.75) is 30.7 Å². The molecule has 1 aromatic heterocycles. The van der Waals surface area contributed by atoms with Crippen molar-refractivity contribution in [3.8, 4) is 0 Å². The SMILES string of the molecule is CNc1nnc(SCC(=O)OC(C)(C)C)s1. The first-order valence-corrected chi connectivity index (χ1v) is 6.57. The van der Waals surface area contributed by atoms with Crippen molar-refractivity contribution in [2.24, 2.45) is 0 Å². The Labute approximate surface area is 103 Å². The van der Waals surface area contributed by atoms with Crippen LogP contribution in [0.25, 0.3) is 0 Å². The number of nitrogens with one attached hydrogen (secondary N) is 1. The first-order valence-electron chi connectivity index (χ1n) is 4.76. The van der Waals surface area contributed by atoms with E-state index in [9.17, 15) is 4.79 Å². The quantitative estimate of drug-likeness (QED) is 0.661. The summed E-state index contributed by atoms with van der Waals surface area (Å²) in [4.78, 5) is 11.4. The molecule has 1 N–H and O–H groups in total. The Balaban J connectivity index is 2.37. The van der Waals surface area contributed by atoms with Gasteiger partial charge in [0.05, 0.1) is 5.75 Å². The summed E-state index contributed by atoms with van der Waals surface area (Å²) in [5, 5.41) is 11.4. The molecular weight excluding hydrogens is 246 g/mol. The zero-order chi connectivity index (χ0) is 12.2. The van der Waals surface area contributed by atoms with Gasteiger partial charge in [0.1, 0.15) is 5.60 Å². The number of thioether (sulfide) groups is 1. The molecule has 0 unspecified atom stereocenters. The third kappa shape index (κ3) is 4.80. The molecule has 1 heterocycles. The van der Waals surface area contributed by atoms with Crippen LogP contribution in [-0.4, -0.2) is 34.6 Å². The number of esters is 1. The highest BCUT2D eigenvalue weighted by molar-refractivity contribution is 8.01. The molecule has 1 rings (SSSR count). The van der Waals surface area contributed by atoms with Gasteiger partial charge in [-0.25, -0.2) is 0 Å². The number of nitrogens with zero attached hydrogens (tertiary/aromatic N) is 2. The lowest BCUT2D eigenvalue weighted by atomic mass is 10.2. The second kappa shape index (κ2) is 5.49. The number of hydrogen-bond acceptors (Lipinski definition) is 7. The van der Waals surface area contributed by atoms with Crippen LogP contribution in [-0.2, 0) is 9.53 Å². The van der Waals surface area contributed by atoms with Crippen LogP contribution in [0.4, 0.5) is 5.13 Å². The molecular formula is C9H15N3O2S2. The molecule has 0 saturated heterocycles.